The van der Waals surface area contributed by atoms with E-state index in [-0.39, 0.29) is 5.91 Å². The lowest BCUT2D eigenvalue weighted by atomic mass is 10.2. The Morgan fingerprint density at radius 2 is 2.11 bits per heavy atom. The van der Waals surface area contributed by atoms with Gasteiger partial charge in [-0.25, -0.2) is 0 Å². The van der Waals surface area contributed by atoms with Crippen LogP contribution >= 0.6 is 50.5 Å². The molecule has 0 saturated heterocycles. The molecule has 0 saturated carbocycles. The molecule has 1 heterocycles. The van der Waals surface area contributed by atoms with E-state index in [9.17, 15) is 4.79 Å². The highest BCUT2D eigenvalue weighted by molar-refractivity contribution is 9.08. The summed E-state index contributed by atoms with van der Waals surface area (Å²) in [7, 11) is 0. The minimum absolute atomic E-state index is 0.255. The van der Waals surface area contributed by atoms with Gasteiger partial charge in [-0.1, -0.05) is 51.3 Å². The molecule has 94 valence electrons. The number of halogens is 3. The predicted molar refractivity (Wildman–Crippen MR) is 81.4 cm³/mol. The molecule has 6 heteroatoms. The van der Waals surface area contributed by atoms with E-state index in [1.807, 2.05) is 24.3 Å². The lowest BCUT2D eigenvalue weighted by Crippen LogP contribution is -2.11. The third-order valence-corrected chi connectivity index (χ3v) is 4.38. The molecule has 0 aliphatic carbocycles. The zero-order valence-electron chi connectivity index (χ0n) is 9.04. The first kappa shape index (κ1) is 13.9. The van der Waals surface area contributed by atoms with Crippen LogP contribution in [0.2, 0.25) is 8.67 Å². The number of carbonyl (C=O) groups excluding carboxylic acids is 1. The molecule has 2 nitrogen and oxygen atoms in total. The van der Waals surface area contributed by atoms with Crippen LogP contribution in [0.1, 0.15) is 15.9 Å². The molecule has 0 fully saturated rings. The topological polar surface area (TPSA) is 29.1 Å². The van der Waals surface area contributed by atoms with Crippen molar-refractivity contribution in [1.29, 1.82) is 0 Å². The summed E-state index contributed by atoms with van der Waals surface area (Å²) in [6, 6.07) is 9.14. The van der Waals surface area contributed by atoms with Gasteiger partial charge in [-0.2, -0.15) is 0 Å². The number of alkyl halides is 1. The first-order valence-corrected chi connectivity index (χ1v) is 7.70. The van der Waals surface area contributed by atoms with E-state index in [1.54, 1.807) is 6.07 Å². The molecule has 0 unspecified atom stereocenters. The maximum atomic E-state index is 12.0. The van der Waals surface area contributed by atoms with Crippen LogP contribution in [0.25, 0.3) is 0 Å². The highest BCUT2D eigenvalue weighted by Crippen LogP contribution is 2.31. The molecular weight excluding hydrogens is 357 g/mol. The Kier molecular flexibility index (Phi) is 4.67. The van der Waals surface area contributed by atoms with Crippen LogP contribution in [0, 0.1) is 0 Å². The zero-order valence-corrected chi connectivity index (χ0v) is 13.0. The molecular formula is C12H8BrCl2NOS. The predicted octanol–water partition coefficient (Wildman–Crippen LogP) is 5.20. The standard InChI is InChI=1S/C12H8BrCl2NOS/c13-6-7-2-1-3-8(4-7)16-12(17)9-5-10(14)18-11(9)15/h1-5H,6H2,(H,16,17). The van der Waals surface area contributed by atoms with E-state index in [2.05, 4.69) is 21.2 Å². The van der Waals surface area contributed by atoms with Crippen LogP contribution in [-0.4, -0.2) is 5.91 Å². The minimum Gasteiger partial charge on any atom is -0.322 e. The molecule has 2 aromatic rings. The van der Waals surface area contributed by atoms with Crippen LogP contribution in [-0.2, 0) is 5.33 Å². The van der Waals surface area contributed by atoms with Gasteiger partial charge in [-0.05, 0) is 23.8 Å². The number of carbonyl (C=O) groups is 1. The SMILES string of the molecule is O=C(Nc1cccc(CBr)c1)c1cc(Cl)sc1Cl. The Balaban J connectivity index is 2.18. The van der Waals surface area contributed by atoms with Gasteiger partial charge >= 0.3 is 0 Å². The van der Waals surface area contributed by atoms with Crippen molar-refractivity contribution in [1.82, 2.24) is 0 Å². The molecule has 0 aliphatic heterocycles. The fraction of sp³-hybridized carbons (Fsp3) is 0.0833. The molecule has 1 N–H and O–H groups in total. The van der Waals surface area contributed by atoms with Gasteiger partial charge in [0.05, 0.1) is 9.90 Å². The van der Waals surface area contributed by atoms with E-state index in [1.165, 1.54) is 11.3 Å². The van der Waals surface area contributed by atoms with E-state index >= 15 is 0 Å². The van der Waals surface area contributed by atoms with Gasteiger partial charge in [-0.3, -0.25) is 4.79 Å². The van der Waals surface area contributed by atoms with Crippen LogP contribution in [0.15, 0.2) is 30.3 Å². The summed E-state index contributed by atoms with van der Waals surface area (Å²) in [5.41, 5.74) is 2.22. The summed E-state index contributed by atoms with van der Waals surface area (Å²) in [6.07, 6.45) is 0. The summed E-state index contributed by atoms with van der Waals surface area (Å²) < 4.78 is 0.897. The second-order valence-electron chi connectivity index (χ2n) is 3.53. The second kappa shape index (κ2) is 6.06. The zero-order chi connectivity index (χ0) is 13.1. The van der Waals surface area contributed by atoms with E-state index < -0.39 is 0 Å². The third-order valence-electron chi connectivity index (χ3n) is 2.24. The molecule has 0 aliphatic rings. The number of benzene rings is 1. The number of nitrogens with one attached hydrogen (secondary N) is 1. The van der Waals surface area contributed by atoms with Crippen molar-refractivity contribution in [3.8, 4) is 0 Å². The number of hydrogen-bond donors (Lipinski definition) is 1. The van der Waals surface area contributed by atoms with E-state index in [4.69, 9.17) is 23.2 Å². The van der Waals surface area contributed by atoms with Crippen molar-refractivity contribution in [3.63, 3.8) is 0 Å². The Hall–Kier alpha value is -0.550. The molecule has 1 aromatic carbocycles. The van der Waals surface area contributed by atoms with Gasteiger partial charge in [0.2, 0.25) is 0 Å². The molecule has 0 bridgehead atoms. The Morgan fingerprint density at radius 1 is 1.33 bits per heavy atom. The summed E-state index contributed by atoms with van der Waals surface area (Å²) in [5.74, 6) is -0.255. The largest absolute Gasteiger partial charge is 0.322 e. The Bertz CT molecular complexity index is 585. The highest BCUT2D eigenvalue weighted by Gasteiger charge is 2.14. The van der Waals surface area contributed by atoms with Crippen molar-refractivity contribution >= 4 is 62.1 Å². The van der Waals surface area contributed by atoms with Crippen LogP contribution < -0.4 is 5.32 Å². The molecule has 1 aromatic heterocycles. The summed E-state index contributed by atoms with van der Waals surface area (Å²) >= 11 is 16.3. The normalized spacial score (nSPS) is 10.4. The maximum Gasteiger partial charge on any atom is 0.258 e. The molecule has 1 amide bonds. The Labute approximate surface area is 127 Å². The lowest BCUT2D eigenvalue weighted by Gasteiger charge is -2.05. The van der Waals surface area contributed by atoms with Gasteiger partial charge in [0.25, 0.3) is 5.91 Å². The first-order chi connectivity index (χ1) is 8.60. The fourth-order valence-electron chi connectivity index (χ4n) is 1.43. The van der Waals surface area contributed by atoms with Crippen molar-refractivity contribution in [2.75, 3.05) is 5.32 Å². The third kappa shape index (κ3) is 3.26. The van der Waals surface area contributed by atoms with Gasteiger partial charge in [0.15, 0.2) is 0 Å². The van der Waals surface area contributed by atoms with Gasteiger partial charge in [0.1, 0.15) is 4.34 Å². The van der Waals surface area contributed by atoms with Crippen LogP contribution in [0.4, 0.5) is 5.69 Å². The van der Waals surface area contributed by atoms with Crippen LogP contribution in [0.3, 0.4) is 0 Å². The van der Waals surface area contributed by atoms with Crippen LogP contribution in [0.5, 0.6) is 0 Å². The van der Waals surface area contributed by atoms with Gasteiger partial charge in [0, 0.05) is 11.0 Å². The number of rotatable bonds is 3. The average molecular weight is 365 g/mol. The summed E-state index contributed by atoms with van der Waals surface area (Å²) in [6.45, 7) is 0. The summed E-state index contributed by atoms with van der Waals surface area (Å²) in [5, 5.41) is 3.53. The number of thiophene rings is 1. The molecule has 18 heavy (non-hydrogen) atoms. The maximum absolute atomic E-state index is 12.0. The minimum atomic E-state index is -0.255. The first-order valence-electron chi connectivity index (χ1n) is 5.01. The monoisotopic (exact) mass is 363 g/mol. The Morgan fingerprint density at radius 3 is 2.72 bits per heavy atom. The molecule has 2 rings (SSSR count). The lowest BCUT2D eigenvalue weighted by molar-refractivity contribution is 0.102. The number of hydrogen-bond acceptors (Lipinski definition) is 2. The van der Waals surface area contributed by atoms with Crippen molar-refractivity contribution in [2.45, 2.75) is 5.33 Å². The second-order valence-corrected chi connectivity index (χ2v) is 6.37. The van der Waals surface area contributed by atoms with Crippen molar-refractivity contribution < 1.29 is 4.79 Å². The van der Waals surface area contributed by atoms with E-state index in [0.29, 0.717) is 14.2 Å². The molecule has 0 spiro atoms. The van der Waals surface area contributed by atoms with Crippen molar-refractivity contribution in [3.05, 3.63) is 50.1 Å². The molecule has 0 atom stereocenters. The van der Waals surface area contributed by atoms with Gasteiger partial charge < -0.3 is 5.32 Å². The number of amides is 1. The van der Waals surface area contributed by atoms with E-state index in [0.717, 1.165) is 16.6 Å². The smallest absolute Gasteiger partial charge is 0.258 e. The van der Waals surface area contributed by atoms with Crippen molar-refractivity contribution in [2.24, 2.45) is 0 Å². The average Bonchev–Trinajstić information content (AvgIpc) is 2.69. The quantitative estimate of drug-likeness (QED) is 0.745. The molecule has 0 radical (unpaired) electrons. The fourth-order valence-corrected chi connectivity index (χ4v) is 3.23. The highest BCUT2D eigenvalue weighted by atomic mass is 79.9. The summed E-state index contributed by atoms with van der Waals surface area (Å²) in [4.78, 5) is 12.0. The number of anilines is 1. The van der Waals surface area contributed by atoms with Gasteiger partial charge in [-0.15, -0.1) is 11.3 Å².